The third-order valence-electron chi connectivity index (χ3n) is 6.11. The van der Waals surface area contributed by atoms with Gasteiger partial charge in [-0.1, -0.05) is 0 Å². The number of hydrogen-bond acceptors (Lipinski definition) is 6. The van der Waals surface area contributed by atoms with Crippen molar-refractivity contribution >= 4 is 58.8 Å². The predicted molar refractivity (Wildman–Crippen MR) is 135 cm³/mol. The van der Waals surface area contributed by atoms with Crippen LogP contribution in [0, 0.1) is 27.7 Å². The molecule has 1 saturated heterocycles. The molecule has 2 N–H and O–H groups in total. The van der Waals surface area contributed by atoms with E-state index < -0.39 is 12.3 Å². The Hall–Kier alpha value is -1.88. The standard InChI is InChI=1S/C24H23AsN2O2S2/c1-12-14(3)23(28)17(16-8-6-5-7-9-16)21-19(12)26-20-13(2)15(4)24(29)18(22(20)27-21)25-30-10-11-31-25/h5-9,28-29H,10-11H2,1-4H3. The second-order valence-corrected chi connectivity index (χ2v) is 19.4. The normalized spacial score (nSPS) is 14.7. The van der Waals surface area contributed by atoms with Gasteiger partial charge >= 0.3 is 193 Å². The van der Waals surface area contributed by atoms with E-state index in [-0.39, 0.29) is 5.75 Å². The molecule has 0 bridgehead atoms. The van der Waals surface area contributed by atoms with Crippen LogP contribution in [0.5, 0.6) is 11.5 Å². The first-order valence-electron chi connectivity index (χ1n) is 10.2. The number of benzene rings is 3. The van der Waals surface area contributed by atoms with Crippen LogP contribution in [0.15, 0.2) is 30.3 Å². The number of phenolic OH excluding ortho intramolecular Hbond substituents is 2. The van der Waals surface area contributed by atoms with Gasteiger partial charge in [0.25, 0.3) is 0 Å². The molecule has 2 heterocycles. The van der Waals surface area contributed by atoms with Gasteiger partial charge in [0.2, 0.25) is 0 Å². The van der Waals surface area contributed by atoms with Crippen LogP contribution in [0.1, 0.15) is 22.3 Å². The van der Waals surface area contributed by atoms with Crippen LogP contribution in [0.4, 0.5) is 0 Å². The van der Waals surface area contributed by atoms with Gasteiger partial charge in [0.05, 0.1) is 0 Å². The second kappa shape index (κ2) is 7.91. The first-order valence-corrected chi connectivity index (χ1v) is 17.6. The molecule has 0 unspecified atom stereocenters. The van der Waals surface area contributed by atoms with Gasteiger partial charge in [-0.25, -0.2) is 0 Å². The fraction of sp³-hybridized carbons (Fsp3) is 0.250. The molecule has 0 aliphatic carbocycles. The Labute approximate surface area is 192 Å². The van der Waals surface area contributed by atoms with E-state index in [4.69, 9.17) is 9.97 Å². The summed E-state index contributed by atoms with van der Waals surface area (Å²) in [6, 6.07) is 9.88. The minimum atomic E-state index is -1.54. The molecule has 0 saturated carbocycles. The Morgan fingerprint density at radius 3 is 1.90 bits per heavy atom. The molecule has 1 aliphatic rings. The number of nitrogens with zero attached hydrogens (tertiary/aromatic N) is 2. The van der Waals surface area contributed by atoms with Gasteiger partial charge < -0.3 is 0 Å². The van der Waals surface area contributed by atoms with E-state index in [0.29, 0.717) is 16.8 Å². The monoisotopic (exact) mass is 510 g/mol. The zero-order valence-electron chi connectivity index (χ0n) is 17.9. The zero-order valence-corrected chi connectivity index (χ0v) is 21.4. The summed E-state index contributed by atoms with van der Waals surface area (Å²) in [6.07, 6.45) is 0. The summed E-state index contributed by atoms with van der Waals surface area (Å²) in [4.78, 5) is 10.3. The Bertz CT molecular complexity index is 1350. The molecule has 4 aromatic rings. The van der Waals surface area contributed by atoms with Gasteiger partial charge in [0.1, 0.15) is 0 Å². The topological polar surface area (TPSA) is 66.2 Å². The van der Waals surface area contributed by atoms with Gasteiger partial charge in [-0.15, -0.1) is 0 Å². The number of rotatable bonds is 2. The Balaban J connectivity index is 1.98. The molecular weight excluding hydrogens is 487 g/mol. The quantitative estimate of drug-likeness (QED) is 0.283. The molecule has 3 aromatic carbocycles. The van der Waals surface area contributed by atoms with E-state index in [1.165, 1.54) is 0 Å². The maximum atomic E-state index is 11.1. The molecule has 31 heavy (non-hydrogen) atoms. The van der Waals surface area contributed by atoms with Gasteiger partial charge in [0.15, 0.2) is 0 Å². The molecule has 0 spiro atoms. The van der Waals surface area contributed by atoms with Gasteiger partial charge in [0, 0.05) is 0 Å². The van der Waals surface area contributed by atoms with Crippen LogP contribution < -0.4 is 4.35 Å². The fourth-order valence-electron chi connectivity index (χ4n) is 4.06. The third-order valence-corrected chi connectivity index (χ3v) is 19.7. The van der Waals surface area contributed by atoms with Crippen LogP contribution >= 0.6 is 20.0 Å². The van der Waals surface area contributed by atoms with Crippen molar-refractivity contribution in [2.24, 2.45) is 0 Å². The summed E-state index contributed by atoms with van der Waals surface area (Å²) in [5.41, 5.74) is 8.45. The van der Waals surface area contributed by atoms with Crippen molar-refractivity contribution in [3.63, 3.8) is 0 Å². The summed E-state index contributed by atoms with van der Waals surface area (Å²) in [6.45, 7) is 7.92. The van der Waals surface area contributed by atoms with Crippen molar-refractivity contribution in [2.75, 3.05) is 11.5 Å². The predicted octanol–water partition coefficient (Wildman–Crippen LogP) is 5.27. The number of phenols is 2. The van der Waals surface area contributed by atoms with Gasteiger partial charge in [-0.3, -0.25) is 0 Å². The molecule has 4 nitrogen and oxygen atoms in total. The molecule has 5 rings (SSSR count). The molecule has 1 fully saturated rings. The SMILES string of the molecule is Cc1c(O)c(-c2ccccc2)c2nc3c([As]4SCCS4)c(O)c(C)c(C)c3nc2c1C. The summed E-state index contributed by atoms with van der Waals surface area (Å²) >= 11 is -1.54. The van der Waals surface area contributed by atoms with E-state index in [1.807, 2.05) is 78.1 Å². The van der Waals surface area contributed by atoms with E-state index in [0.717, 1.165) is 60.2 Å². The molecule has 1 aromatic heterocycles. The average molecular weight is 511 g/mol. The number of aromatic hydroxyl groups is 2. The van der Waals surface area contributed by atoms with E-state index in [1.54, 1.807) is 0 Å². The molecule has 158 valence electrons. The summed E-state index contributed by atoms with van der Waals surface area (Å²) in [5, 5.41) is 22.3. The number of aryl methyl sites for hydroxylation is 2. The molecule has 0 amide bonds. The van der Waals surface area contributed by atoms with Crippen molar-refractivity contribution < 1.29 is 10.2 Å². The molecule has 7 heteroatoms. The van der Waals surface area contributed by atoms with Gasteiger partial charge in [-0.2, -0.15) is 0 Å². The number of hydrogen-bond donors (Lipinski definition) is 2. The Morgan fingerprint density at radius 2 is 1.26 bits per heavy atom. The van der Waals surface area contributed by atoms with Gasteiger partial charge in [-0.05, 0) is 0 Å². The van der Waals surface area contributed by atoms with Crippen molar-refractivity contribution in [3.8, 4) is 22.6 Å². The second-order valence-electron chi connectivity index (χ2n) is 7.83. The van der Waals surface area contributed by atoms with Crippen molar-refractivity contribution in [2.45, 2.75) is 27.7 Å². The third kappa shape index (κ3) is 3.23. The maximum absolute atomic E-state index is 11.1. The number of aromatic nitrogens is 2. The van der Waals surface area contributed by atoms with Crippen LogP contribution in [-0.2, 0) is 0 Å². The molecule has 0 atom stereocenters. The molecule has 1 aliphatic heterocycles. The Morgan fingerprint density at radius 1 is 0.710 bits per heavy atom. The summed E-state index contributed by atoms with van der Waals surface area (Å²) in [7, 11) is 3.97. The zero-order chi connectivity index (χ0) is 21.9. The van der Waals surface area contributed by atoms with Crippen molar-refractivity contribution in [1.29, 1.82) is 0 Å². The number of fused-ring (bicyclic) bond motifs is 2. The molecular formula is C24H23AsN2O2S2. The fourth-order valence-corrected chi connectivity index (χ4v) is 19.0. The summed E-state index contributed by atoms with van der Waals surface area (Å²) < 4.78 is 1.00. The van der Waals surface area contributed by atoms with E-state index in [2.05, 4.69) is 0 Å². The average Bonchev–Trinajstić information content (AvgIpc) is 3.31. The van der Waals surface area contributed by atoms with Crippen LogP contribution in [0.2, 0.25) is 0 Å². The summed E-state index contributed by atoms with van der Waals surface area (Å²) in [5.74, 6) is 2.87. The van der Waals surface area contributed by atoms with Crippen LogP contribution in [0.25, 0.3) is 33.2 Å². The first kappa shape index (κ1) is 21.0. The van der Waals surface area contributed by atoms with E-state index in [9.17, 15) is 10.2 Å². The minimum absolute atomic E-state index is 0.252. The van der Waals surface area contributed by atoms with Crippen LogP contribution in [0.3, 0.4) is 0 Å². The van der Waals surface area contributed by atoms with Crippen LogP contribution in [-0.4, -0.2) is 44.0 Å². The first-order chi connectivity index (χ1) is 14.9. The van der Waals surface area contributed by atoms with Crippen molar-refractivity contribution in [3.05, 3.63) is 52.6 Å². The molecule has 0 radical (unpaired) electrons. The van der Waals surface area contributed by atoms with E-state index >= 15 is 0 Å². The Kier molecular flexibility index (Phi) is 5.36. The van der Waals surface area contributed by atoms with Crippen molar-refractivity contribution in [1.82, 2.24) is 9.97 Å².